The van der Waals surface area contributed by atoms with Crippen molar-refractivity contribution in [1.82, 2.24) is 4.90 Å². The third-order valence-corrected chi connectivity index (χ3v) is 6.81. The van der Waals surface area contributed by atoms with Gasteiger partial charge in [-0.3, -0.25) is 9.59 Å². The first kappa shape index (κ1) is 27.8. The summed E-state index contributed by atoms with van der Waals surface area (Å²) in [5, 5.41) is 21.3. The van der Waals surface area contributed by atoms with E-state index < -0.39 is 35.2 Å². The van der Waals surface area contributed by atoms with Crippen LogP contribution in [0.2, 0.25) is 0 Å². The number of aliphatic hydroxyl groups is 1. The predicted octanol–water partition coefficient (Wildman–Crippen LogP) is 6.47. The van der Waals surface area contributed by atoms with Crippen LogP contribution in [0.1, 0.15) is 59.2 Å². The van der Waals surface area contributed by atoms with Gasteiger partial charge in [-0.15, -0.1) is 0 Å². The summed E-state index contributed by atoms with van der Waals surface area (Å²) in [5.41, 5.74) is 1.20. The summed E-state index contributed by atoms with van der Waals surface area (Å²) in [5.74, 6) is -1.75. The number of nitrogens with zero attached hydrogens (tertiary/aromatic N) is 1. The van der Waals surface area contributed by atoms with Crippen molar-refractivity contribution in [3.63, 3.8) is 0 Å². The number of ether oxygens (including phenoxy) is 1. The van der Waals surface area contributed by atoms with Gasteiger partial charge in [0.1, 0.15) is 17.3 Å². The SMILES string of the molecule is COc1cc(C)c(/C(O)=C2\C(=O)C(=O)N(Cc3cccc(C(F)(F)F)c3)C2c2ccc(O)cc2)cc1C(C)C. The van der Waals surface area contributed by atoms with Crippen molar-refractivity contribution in [2.24, 2.45) is 0 Å². The van der Waals surface area contributed by atoms with Crippen molar-refractivity contribution in [1.29, 1.82) is 0 Å². The number of likely N-dealkylation sites (tertiary alicyclic amines) is 1. The van der Waals surface area contributed by atoms with Crippen molar-refractivity contribution in [2.45, 2.75) is 45.5 Å². The van der Waals surface area contributed by atoms with Crippen LogP contribution in [-0.4, -0.2) is 33.9 Å². The lowest BCUT2D eigenvalue weighted by Crippen LogP contribution is -2.29. The van der Waals surface area contributed by atoms with E-state index in [0.29, 0.717) is 22.4 Å². The number of hydrogen-bond acceptors (Lipinski definition) is 5. The molecule has 204 valence electrons. The Morgan fingerprint density at radius 2 is 1.72 bits per heavy atom. The van der Waals surface area contributed by atoms with Crippen molar-refractivity contribution in [3.05, 3.63) is 99.6 Å². The van der Waals surface area contributed by atoms with Crippen molar-refractivity contribution >= 4 is 17.4 Å². The normalized spacial score (nSPS) is 17.2. The number of hydrogen-bond donors (Lipinski definition) is 2. The lowest BCUT2D eigenvalue weighted by molar-refractivity contribution is -0.140. The number of rotatable bonds is 6. The largest absolute Gasteiger partial charge is 0.508 e. The zero-order valence-electron chi connectivity index (χ0n) is 21.8. The van der Waals surface area contributed by atoms with Crippen molar-refractivity contribution in [2.75, 3.05) is 7.11 Å². The van der Waals surface area contributed by atoms with E-state index in [4.69, 9.17) is 4.74 Å². The maximum Gasteiger partial charge on any atom is 0.416 e. The van der Waals surface area contributed by atoms with Crippen LogP contribution in [0.15, 0.2) is 66.2 Å². The van der Waals surface area contributed by atoms with Crippen LogP contribution in [0, 0.1) is 6.92 Å². The zero-order chi connectivity index (χ0) is 28.6. The molecule has 0 aromatic heterocycles. The molecule has 3 aromatic rings. The Kier molecular flexibility index (Phi) is 7.46. The topological polar surface area (TPSA) is 87.1 Å². The molecule has 1 heterocycles. The number of ketones is 1. The van der Waals surface area contributed by atoms with E-state index >= 15 is 0 Å². The van der Waals surface area contributed by atoms with Gasteiger partial charge in [-0.05, 0) is 71.5 Å². The summed E-state index contributed by atoms with van der Waals surface area (Å²) in [7, 11) is 1.53. The standard InChI is InChI=1S/C30H28F3NO5/c1-16(2)22-14-23(17(3)12-24(22)39-4)27(36)25-26(19-8-10-21(35)11-9-19)34(29(38)28(25)37)15-18-6-5-7-20(13-18)30(31,32)33/h5-14,16,26,35-36H,15H2,1-4H3/b27-25+. The Bertz CT molecular complexity index is 1460. The molecule has 1 aliphatic heterocycles. The minimum atomic E-state index is -4.58. The zero-order valence-corrected chi connectivity index (χ0v) is 21.8. The molecule has 39 heavy (non-hydrogen) atoms. The lowest BCUT2D eigenvalue weighted by atomic mass is 9.91. The van der Waals surface area contributed by atoms with Crippen LogP contribution in [-0.2, 0) is 22.3 Å². The highest BCUT2D eigenvalue weighted by molar-refractivity contribution is 6.46. The van der Waals surface area contributed by atoms with Gasteiger partial charge >= 0.3 is 6.18 Å². The molecule has 3 aromatic carbocycles. The van der Waals surface area contributed by atoms with E-state index in [1.165, 1.54) is 43.5 Å². The van der Waals surface area contributed by atoms with E-state index in [9.17, 15) is 33.0 Å². The summed E-state index contributed by atoms with van der Waals surface area (Å²) in [6, 6.07) is 12.6. The first-order chi connectivity index (χ1) is 18.3. The number of carbonyl (C=O) groups excluding carboxylic acids is 2. The van der Waals surface area contributed by atoms with E-state index in [0.717, 1.165) is 22.6 Å². The van der Waals surface area contributed by atoms with E-state index in [2.05, 4.69) is 0 Å². The number of phenolic OH excluding ortho intramolecular Hbond substituents is 1. The highest BCUT2D eigenvalue weighted by Gasteiger charge is 2.46. The molecular formula is C30H28F3NO5. The number of aromatic hydroxyl groups is 1. The average molecular weight is 540 g/mol. The summed E-state index contributed by atoms with van der Waals surface area (Å²) < 4.78 is 45.5. The van der Waals surface area contributed by atoms with Crippen molar-refractivity contribution in [3.8, 4) is 11.5 Å². The van der Waals surface area contributed by atoms with Gasteiger partial charge in [-0.25, -0.2) is 0 Å². The molecule has 1 fully saturated rings. The molecule has 1 aliphatic rings. The molecule has 6 nitrogen and oxygen atoms in total. The van der Waals surface area contributed by atoms with Crippen molar-refractivity contribution < 1.29 is 37.7 Å². The van der Waals surface area contributed by atoms with Gasteiger partial charge in [-0.2, -0.15) is 13.2 Å². The first-order valence-electron chi connectivity index (χ1n) is 12.3. The Hall–Kier alpha value is -4.27. The second kappa shape index (κ2) is 10.5. The number of phenols is 1. The molecule has 4 rings (SSSR count). The van der Waals surface area contributed by atoms with Crippen LogP contribution >= 0.6 is 0 Å². The molecular weight excluding hydrogens is 511 g/mol. The fraction of sp³-hybridized carbons (Fsp3) is 0.267. The molecule has 1 atom stereocenters. The number of halogens is 3. The molecule has 0 radical (unpaired) electrons. The number of amides is 1. The second-order valence-electron chi connectivity index (χ2n) is 9.78. The summed E-state index contributed by atoms with van der Waals surface area (Å²) in [4.78, 5) is 27.8. The number of aliphatic hydroxyl groups excluding tert-OH is 1. The Morgan fingerprint density at radius 1 is 1.05 bits per heavy atom. The summed E-state index contributed by atoms with van der Waals surface area (Å²) in [6.45, 7) is 5.31. The fourth-order valence-electron chi connectivity index (χ4n) is 4.82. The molecule has 1 amide bonds. The van der Waals surface area contributed by atoms with Crippen LogP contribution in [0.3, 0.4) is 0 Å². The molecule has 1 unspecified atom stereocenters. The Balaban J connectivity index is 1.90. The molecule has 0 spiro atoms. The first-order valence-corrected chi connectivity index (χ1v) is 12.3. The van der Waals surface area contributed by atoms with Gasteiger partial charge in [0, 0.05) is 12.1 Å². The predicted molar refractivity (Wildman–Crippen MR) is 139 cm³/mol. The maximum atomic E-state index is 13.4. The van der Waals surface area contributed by atoms with Gasteiger partial charge in [0.2, 0.25) is 0 Å². The fourth-order valence-corrected chi connectivity index (χ4v) is 4.82. The quantitative estimate of drug-likeness (QED) is 0.213. The summed E-state index contributed by atoms with van der Waals surface area (Å²) >= 11 is 0. The Labute approximate surface area is 224 Å². The molecule has 2 N–H and O–H groups in total. The van der Waals surface area contributed by atoms with Gasteiger partial charge in [0.05, 0.1) is 24.3 Å². The lowest BCUT2D eigenvalue weighted by Gasteiger charge is -2.26. The number of carbonyl (C=O) groups is 2. The number of alkyl halides is 3. The summed E-state index contributed by atoms with van der Waals surface area (Å²) in [6.07, 6.45) is -4.58. The maximum absolute atomic E-state index is 13.4. The van der Waals surface area contributed by atoms with Gasteiger partial charge < -0.3 is 19.8 Å². The minimum absolute atomic E-state index is 0.0170. The van der Waals surface area contributed by atoms with Crippen LogP contribution < -0.4 is 4.74 Å². The van der Waals surface area contributed by atoms with E-state index in [1.807, 2.05) is 13.8 Å². The van der Waals surface area contributed by atoms with Gasteiger partial charge in [-0.1, -0.05) is 38.1 Å². The molecule has 0 saturated carbocycles. The smallest absolute Gasteiger partial charge is 0.416 e. The number of aryl methyl sites for hydroxylation is 1. The van der Waals surface area contributed by atoms with Crippen LogP contribution in [0.25, 0.3) is 5.76 Å². The highest BCUT2D eigenvalue weighted by Crippen LogP contribution is 2.42. The number of methoxy groups -OCH3 is 1. The second-order valence-corrected chi connectivity index (χ2v) is 9.78. The molecule has 9 heteroatoms. The monoisotopic (exact) mass is 539 g/mol. The van der Waals surface area contributed by atoms with Crippen LogP contribution in [0.4, 0.5) is 13.2 Å². The van der Waals surface area contributed by atoms with Gasteiger partial charge in [0.15, 0.2) is 0 Å². The molecule has 1 saturated heterocycles. The van der Waals surface area contributed by atoms with E-state index in [-0.39, 0.29) is 29.3 Å². The minimum Gasteiger partial charge on any atom is -0.508 e. The Morgan fingerprint density at radius 3 is 2.31 bits per heavy atom. The third kappa shape index (κ3) is 5.34. The third-order valence-electron chi connectivity index (χ3n) is 6.81. The molecule has 0 aliphatic carbocycles. The highest BCUT2D eigenvalue weighted by atomic mass is 19.4. The number of Topliss-reactive ketones (excluding diaryl/α,β-unsaturated/α-hetero) is 1. The number of benzene rings is 3. The van der Waals surface area contributed by atoms with Crippen LogP contribution in [0.5, 0.6) is 11.5 Å². The molecule has 0 bridgehead atoms. The average Bonchev–Trinajstić information content (AvgIpc) is 3.13. The van der Waals surface area contributed by atoms with E-state index in [1.54, 1.807) is 19.1 Å². The van der Waals surface area contributed by atoms with Gasteiger partial charge in [0.25, 0.3) is 11.7 Å².